The van der Waals surface area contributed by atoms with Crippen LogP contribution in [-0.4, -0.2) is 80.0 Å². The second-order valence-corrected chi connectivity index (χ2v) is 5.08. The minimum Gasteiger partial charge on any atom is -0.368 e. The van der Waals surface area contributed by atoms with E-state index in [9.17, 15) is 4.79 Å². The predicted octanol–water partition coefficient (Wildman–Crippen LogP) is -0.258. The molecule has 112 valence electrons. The lowest BCUT2D eigenvalue weighted by atomic mass is 10.4. The molecule has 1 rings (SSSR count). The van der Waals surface area contributed by atoms with E-state index in [1.165, 1.54) is 6.20 Å². The second kappa shape index (κ2) is 8.44. The minimum atomic E-state index is -0.195. The van der Waals surface area contributed by atoms with Crippen LogP contribution in [0.4, 0.5) is 5.82 Å². The number of anilines is 1. The fourth-order valence-electron chi connectivity index (χ4n) is 1.43. The van der Waals surface area contributed by atoms with Crippen LogP contribution in [0.25, 0.3) is 0 Å². The number of nitrogens with zero attached hydrogens (tertiary/aromatic N) is 4. The van der Waals surface area contributed by atoms with Crippen LogP contribution in [-0.2, 0) is 0 Å². The average Bonchev–Trinajstić information content (AvgIpc) is 2.38. The summed E-state index contributed by atoms with van der Waals surface area (Å²) in [6.07, 6.45) is 3.07. The van der Waals surface area contributed by atoms with Crippen molar-refractivity contribution in [3.63, 3.8) is 0 Å². The highest BCUT2D eigenvalue weighted by Gasteiger charge is 2.07. The van der Waals surface area contributed by atoms with E-state index in [1.54, 1.807) is 6.20 Å². The normalized spacial score (nSPS) is 10.9. The zero-order valence-corrected chi connectivity index (χ0v) is 12.7. The van der Waals surface area contributed by atoms with Crippen molar-refractivity contribution in [2.45, 2.75) is 0 Å². The Balaban J connectivity index is 2.39. The number of aromatic nitrogens is 2. The molecular weight excluding hydrogens is 256 g/mol. The summed E-state index contributed by atoms with van der Waals surface area (Å²) in [6.45, 7) is 3.09. The first-order valence-corrected chi connectivity index (χ1v) is 6.62. The molecule has 0 radical (unpaired) electrons. The van der Waals surface area contributed by atoms with E-state index in [2.05, 4.69) is 25.5 Å². The maximum Gasteiger partial charge on any atom is 0.271 e. The summed E-state index contributed by atoms with van der Waals surface area (Å²) < 4.78 is 0. The van der Waals surface area contributed by atoms with Crippen molar-refractivity contribution in [3.05, 3.63) is 18.1 Å². The van der Waals surface area contributed by atoms with Gasteiger partial charge in [-0.05, 0) is 28.2 Å². The van der Waals surface area contributed by atoms with E-state index in [0.717, 1.165) is 19.6 Å². The SMILES string of the molecule is CN(C)CCNC(=O)c1cnc(NCCN(C)C)cn1. The third kappa shape index (κ3) is 6.44. The van der Waals surface area contributed by atoms with Crippen LogP contribution >= 0.6 is 0 Å². The van der Waals surface area contributed by atoms with Crippen LogP contribution in [0.3, 0.4) is 0 Å². The number of carbonyl (C=O) groups excluding carboxylic acids is 1. The summed E-state index contributed by atoms with van der Waals surface area (Å²) in [7, 11) is 7.93. The largest absolute Gasteiger partial charge is 0.368 e. The van der Waals surface area contributed by atoms with Gasteiger partial charge >= 0.3 is 0 Å². The molecule has 0 aliphatic rings. The molecule has 0 aromatic carbocycles. The van der Waals surface area contributed by atoms with Crippen LogP contribution in [0, 0.1) is 0 Å². The number of hydrogen-bond donors (Lipinski definition) is 2. The lowest BCUT2D eigenvalue weighted by Gasteiger charge is -2.11. The van der Waals surface area contributed by atoms with Gasteiger partial charge in [0.25, 0.3) is 5.91 Å². The van der Waals surface area contributed by atoms with E-state index in [1.807, 2.05) is 33.1 Å². The minimum absolute atomic E-state index is 0.195. The third-order valence-electron chi connectivity index (χ3n) is 2.59. The van der Waals surface area contributed by atoms with Crippen LogP contribution in [0.5, 0.6) is 0 Å². The average molecular weight is 280 g/mol. The molecule has 7 nitrogen and oxygen atoms in total. The van der Waals surface area contributed by atoms with Crippen molar-refractivity contribution in [1.82, 2.24) is 25.1 Å². The molecule has 0 bridgehead atoms. The van der Waals surface area contributed by atoms with Crippen LogP contribution in [0.2, 0.25) is 0 Å². The maximum absolute atomic E-state index is 11.8. The van der Waals surface area contributed by atoms with Crippen molar-refractivity contribution < 1.29 is 4.79 Å². The van der Waals surface area contributed by atoms with Crippen molar-refractivity contribution in [1.29, 1.82) is 0 Å². The van der Waals surface area contributed by atoms with Crippen LogP contribution in [0.1, 0.15) is 10.5 Å². The highest BCUT2D eigenvalue weighted by atomic mass is 16.1. The molecule has 2 N–H and O–H groups in total. The molecule has 1 aromatic rings. The van der Waals surface area contributed by atoms with Gasteiger partial charge < -0.3 is 20.4 Å². The molecule has 0 aliphatic heterocycles. The van der Waals surface area contributed by atoms with Crippen LogP contribution < -0.4 is 10.6 Å². The van der Waals surface area contributed by atoms with Gasteiger partial charge in [0, 0.05) is 26.2 Å². The molecule has 0 aliphatic carbocycles. The number of rotatable bonds is 8. The molecule has 1 aromatic heterocycles. The van der Waals surface area contributed by atoms with Gasteiger partial charge in [-0.1, -0.05) is 0 Å². The summed E-state index contributed by atoms with van der Waals surface area (Å²) in [4.78, 5) is 24.1. The molecule has 0 saturated carbocycles. The molecule has 0 fully saturated rings. The Labute approximate surface area is 120 Å². The van der Waals surface area contributed by atoms with Crippen molar-refractivity contribution in [2.75, 3.05) is 59.7 Å². The Morgan fingerprint density at radius 3 is 2.25 bits per heavy atom. The fourth-order valence-corrected chi connectivity index (χ4v) is 1.43. The summed E-state index contributed by atoms with van der Waals surface area (Å²) in [6, 6.07) is 0. The van der Waals surface area contributed by atoms with Gasteiger partial charge in [-0.15, -0.1) is 0 Å². The highest BCUT2D eigenvalue weighted by Crippen LogP contribution is 2.00. The summed E-state index contributed by atoms with van der Waals surface area (Å²) in [5.41, 5.74) is 0.335. The van der Waals surface area contributed by atoms with Crippen molar-refractivity contribution >= 4 is 11.7 Å². The Kier molecular flexibility index (Phi) is 6.89. The van der Waals surface area contributed by atoms with Gasteiger partial charge in [-0.25, -0.2) is 9.97 Å². The zero-order chi connectivity index (χ0) is 15.0. The summed E-state index contributed by atoms with van der Waals surface area (Å²) >= 11 is 0. The maximum atomic E-state index is 11.8. The summed E-state index contributed by atoms with van der Waals surface area (Å²) in [5.74, 6) is 0.482. The number of carbonyl (C=O) groups is 1. The van der Waals surface area contributed by atoms with Gasteiger partial charge in [-0.3, -0.25) is 4.79 Å². The van der Waals surface area contributed by atoms with Gasteiger partial charge in [0.1, 0.15) is 11.5 Å². The lowest BCUT2D eigenvalue weighted by molar-refractivity contribution is 0.0945. The van der Waals surface area contributed by atoms with E-state index in [-0.39, 0.29) is 5.91 Å². The standard InChI is InChI=1S/C13H24N6O/c1-18(2)7-5-14-12-10-16-11(9-17-12)13(20)15-6-8-19(3)4/h9-10H,5-8H2,1-4H3,(H,14,17)(H,15,20). The smallest absolute Gasteiger partial charge is 0.271 e. The van der Waals surface area contributed by atoms with Gasteiger partial charge in [0.05, 0.1) is 12.4 Å². The molecule has 0 saturated heterocycles. The fraction of sp³-hybridized carbons (Fsp3) is 0.615. The Morgan fingerprint density at radius 1 is 1.05 bits per heavy atom. The number of hydrogen-bond acceptors (Lipinski definition) is 6. The number of likely N-dealkylation sites (N-methyl/N-ethyl adjacent to an activating group) is 2. The van der Waals surface area contributed by atoms with E-state index in [0.29, 0.717) is 18.1 Å². The first-order valence-electron chi connectivity index (χ1n) is 6.62. The molecule has 1 amide bonds. The first-order chi connectivity index (χ1) is 9.49. The molecular formula is C13H24N6O. The molecule has 0 spiro atoms. The highest BCUT2D eigenvalue weighted by molar-refractivity contribution is 5.91. The Hall–Kier alpha value is -1.73. The molecule has 1 heterocycles. The Morgan fingerprint density at radius 2 is 1.70 bits per heavy atom. The lowest BCUT2D eigenvalue weighted by Crippen LogP contribution is -2.31. The first kappa shape index (κ1) is 16.3. The third-order valence-corrected chi connectivity index (χ3v) is 2.59. The summed E-state index contributed by atoms with van der Waals surface area (Å²) in [5, 5.41) is 5.94. The van der Waals surface area contributed by atoms with E-state index in [4.69, 9.17) is 0 Å². The van der Waals surface area contributed by atoms with Crippen LogP contribution in [0.15, 0.2) is 12.4 Å². The Bertz CT molecular complexity index is 404. The molecule has 0 unspecified atom stereocenters. The number of nitrogens with one attached hydrogen (secondary N) is 2. The van der Waals surface area contributed by atoms with E-state index >= 15 is 0 Å². The quantitative estimate of drug-likeness (QED) is 0.683. The van der Waals surface area contributed by atoms with Gasteiger partial charge in [0.15, 0.2) is 0 Å². The van der Waals surface area contributed by atoms with Gasteiger partial charge in [0.2, 0.25) is 0 Å². The molecule has 20 heavy (non-hydrogen) atoms. The second-order valence-electron chi connectivity index (χ2n) is 5.08. The predicted molar refractivity (Wildman–Crippen MR) is 80.0 cm³/mol. The van der Waals surface area contributed by atoms with Crippen molar-refractivity contribution in [2.24, 2.45) is 0 Å². The monoisotopic (exact) mass is 280 g/mol. The molecule has 7 heteroatoms. The van der Waals surface area contributed by atoms with Gasteiger partial charge in [-0.2, -0.15) is 0 Å². The number of amides is 1. The topological polar surface area (TPSA) is 73.4 Å². The molecule has 0 atom stereocenters. The zero-order valence-electron chi connectivity index (χ0n) is 12.7. The van der Waals surface area contributed by atoms with Crippen molar-refractivity contribution in [3.8, 4) is 0 Å². The van der Waals surface area contributed by atoms with E-state index < -0.39 is 0 Å².